The number of nitrogens with one attached hydrogen (secondary N) is 1. The molecule has 1 N–H and O–H groups in total. The number of hydrogen-bond acceptors (Lipinski definition) is 3. The maximum Gasteiger partial charge on any atom is 0.318 e. The summed E-state index contributed by atoms with van der Waals surface area (Å²) >= 11 is 0. The molecule has 0 radical (unpaired) electrons. The first-order valence-corrected chi connectivity index (χ1v) is 7.67. The van der Waals surface area contributed by atoms with Crippen molar-refractivity contribution in [2.75, 3.05) is 6.54 Å². The maximum absolute atomic E-state index is 12.4. The molecular formula is C16H21N5O. The Morgan fingerprint density at radius 2 is 2.32 bits per heavy atom. The van der Waals surface area contributed by atoms with Gasteiger partial charge in [-0.25, -0.2) is 4.79 Å². The molecule has 116 valence electrons. The number of carbonyl (C=O) groups is 1. The predicted molar refractivity (Wildman–Crippen MR) is 83.2 cm³/mol. The quantitative estimate of drug-likeness (QED) is 0.938. The van der Waals surface area contributed by atoms with Crippen molar-refractivity contribution in [3.05, 3.63) is 48.0 Å². The highest BCUT2D eigenvalue weighted by atomic mass is 16.2. The minimum atomic E-state index is -0.0158. The minimum absolute atomic E-state index is 0.0158. The summed E-state index contributed by atoms with van der Waals surface area (Å²) in [4.78, 5) is 18.7. The van der Waals surface area contributed by atoms with Crippen molar-refractivity contribution in [1.82, 2.24) is 25.0 Å². The standard InChI is InChI=1S/C16H21N5O/c1-13-5-2-6-14(19-13)11-17-16(22)21-10-3-7-15(21)12-20-9-4-8-18-20/h2,4-6,8-9,15H,3,7,10-12H2,1H3,(H,17,22)/t15-/m1/s1. The van der Waals surface area contributed by atoms with E-state index in [9.17, 15) is 4.79 Å². The SMILES string of the molecule is Cc1cccc(CNC(=O)N2CCC[C@@H]2Cn2cccn2)n1. The summed E-state index contributed by atoms with van der Waals surface area (Å²) in [5, 5.41) is 7.20. The third-order valence-corrected chi connectivity index (χ3v) is 3.96. The van der Waals surface area contributed by atoms with E-state index >= 15 is 0 Å². The van der Waals surface area contributed by atoms with E-state index in [1.54, 1.807) is 6.20 Å². The summed E-state index contributed by atoms with van der Waals surface area (Å²) in [6.45, 7) is 3.97. The van der Waals surface area contributed by atoms with Crippen LogP contribution in [0.4, 0.5) is 4.79 Å². The van der Waals surface area contributed by atoms with Gasteiger partial charge in [0.05, 0.1) is 24.8 Å². The highest BCUT2D eigenvalue weighted by molar-refractivity contribution is 5.74. The summed E-state index contributed by atoms with van der Waals surface area (Å²) in [5.41, 5.74) is 1.85. The van der Waals surface area contributed by atoms with E-state index in [4.69, 9.17) is 0 Å². The number of rotatable bonds is 4. The van der Waals surface area contributed by atoms with Gasteiger partial charge in [-0.05, 0) is 38.0 Å². The fourth-order valence-electron chi connectivity index (χ4n) is 2.88. The summed E-state index contributed by atoms with van der Waals surface area (Å²) in [7, 11) is 0. The smallest absolute Gasteiger partial charge is 0.318 e. The molecular weight excluding hydrogens is 278 g/mol. The number of likely N-dealkylation sites (tertiary alicyclic amines) is 1. The summed E-state index contributed by atoms with van der Waals surface area (Å²) in [6.07, 6.45) is 5.77. The zero-order valence-corrected chi connectivity index (χ0v) is 12.8. The number of aromatic nitrogens is 3. The van der Waals surface area contributed by atoms with E-state index in [0.717, 1.165) is 37.3 Å². The van der Waals surface area contributed by atoms with Crippen molar-refractivity contribution >= 4 is 6.03 Å². The van der Waals surface area contributed by atoms with Gasteiger partial charge in [-0.15, -0.1) is 0 Å². The fourth-order valence-corrected chi connectivity index (χ4v) is 2.88. The van der Waals surface area contributed by atoms with Crippen molar-refractivity contribution in [3.63, 3.8) is 0 Å². The Kier molecular flexibility index (Phi) is 4.37. The summed E-state index contributed by atoms with van der Waals surface area (Å²) < 4.78 is 1.89. The van der Waals surface area contributed by atoms with Gasteiger partial charge in [0.1, 0.15) is 0 Å². The first kappa shape index (κ1) is 14.6. The van der Waals surface area contributed by atoms with Crippen LogP contribution in [0.15, 0.2) is 36.7 Å². The number of amides is 2. The number of carbonyl (C=O) groups excluding carboxylic acids is 1. The van der Waals surface area contributed by atoms with Crippen LogP contribution in [-0.2, 0) is 13.1 Å². The van der Waals surface area contributed by atoms with Gasteiger partial charge in [0.2, 0.25) is 0 Å². The molecule has 2 aromatic rings. The van der Waals surface area contributed by atoms with Crippen molar-refractivity contribution in [2.24, 2.45) is 0 Å². The molecule has 0 bridgehead atoms. The molecule has 2 amide bonds. The molecule has 1 aliphatic rings. The van der Waals surface area contributed by atoms with E-state index in [2.05, 4.69) is 15.4 Å². The van der Waals surface area contributed by atoms with Gasteiger partial charge in [0.15, 0.2) is 0 Å². The zero-order valence-electron chi connectivity index (χ0n) is 12.8. The average molecular weight is 299 g/mol. The number of aryl methyl sites for hydroxylation is 1. The molecule has 6 heteroatoms. The Labute approximate surface area is 130 Å². The van der Waals surface area contributed by atoms with Crippen LogP contribution in [0, 0.1) is 6.92 Å². The second-order valence-corrected chi connectivity index (χ2v) is 5.65. The van der Waals surface area contributed by atoms with Gasteiger partial charge in [0.25, 0.3) is 0 Å². The van der Waals surface area contributed by atoms with Crippen LogP contribution < -0.4 is 5.32 Å². The van der Waals surface area contributed by atoms with E-state index < -0.39 is 0 Å². The van der Waals surface area contributed by atoms with E-state index in [0.29, 0.717) is 6.54 Å². The lowest BCUT2D eigenvalue weighted by molar-refractivity contribution is 0.185. The topological polar surface area (TPSA) is 63.1 Å². The number of urea groups is 1. The van der Waals surface area contributed by atoms with E-state index in [1.165, 1.54) is 0 Å². The third kappa shape index (κ3) is 3.44. The van der Waals surface area contributed by atoms with Crippen molar-refractivity contribution in [2.45, 2.75) is 38.9 Å². The normalized spacial score (nSPS) is 17.7. The lowest BCUT2D eigenvalue weighted by atomic mass is 10.2. The second kappa shape index (κ2) is 6.60. The molecule has 0 aromatic carbocycles. The fraction of sp³-hybridized carbons (Fsp3) is 0.438. The molecule has 0 aliphatic carbocycles. The summed E-state index contributed by atoms with van der Waals surface area (Å²) in [5.74, 6) is 0. The van der Waals surface area contributed by atoms with Crippen molar-refractivity contribution in [1.29, 1.82) is 0 Å². The van der Waals surface area contributed by atoms with Crippen LogP contribution in [-0.4, -0.2) is 38.3 Å². The van der Waals surface area contributed by atoms with Gasteiger partial charge in [-0.3, -0.25) is 9.67 Å². The van der Waals surface area contributed by atoms with Crippen LogP contribution in [0.25, 0.3) is 0 Å². The molecule has 1 aliphatic heterocycles. The Hall–Kier alpha value is -2.37. The first-order chi connectivity index (χ1) is 10.7. The van der Waals surface area contributed by atoms with Crippen LogP contribution in [0.5, 0.6) is 0 Å². The molecule has 3 rings (SSSR count). The third-order valence-electron chi connectivity index (χ3n) is 3.96. The van der Waals surface area contributed by atoms with Gasteiger partial charge >= 0.3 is 6.03 Å². The molecule has 0 saturated carbocycles. The van der Waals surface area contributed by atoms with Gasteiger partial charge in [0, 0.05) is 24.6 Å². The molecule has 0 spiro atoms. The predicted octanol–water partition coefficient (Wildman–Crippen LogP) is 1.96. The van der Waals surface area contributed by atoms with Crippen LogP contribution >= 0.6 is 0 Å². The Bertz CT molecular complexity index is 625. The van der Waals surface area contributed by atoms with Gasteiger partial charge in [-0.1, -0.05) is 6.07 Å². The monoisotopic (exact) mass is 299 g/mol. The average Bonchev–Trinajstić information content (AvgIpc) is 3.17. The van der Waals surface area contributed by atoms with Gasteiger partial charge < -0.3 is 10.2 Å². The zero-order chi connectivity index (χ0) is 15.4. The van der Waals surface area contributed by atoms with Crippen molar-refractivity contribution < 1.29 is 4.79 Å². The Morgan fingerprint density at radius 3 is 3.09 bits per heavy atom. The first-order valence-electron chi connectivity index (χ1n) is 7.67. The largest absolute Gasteiger partial charge is 0.332 e. The van der Waals surface area contributed by atoms with Crippen LogP contribution in [0.3, 0.4) is 0 Å². The second-order valence-electron chi connectivity index (χ2n) is 5.65. The number of hydrogen-bond donors (Lipinski definition) is 1. The minimum Gasteiger partial charge on any atom is -0.332 e. The molecule has 2 aromatic heterocycles. The molecule has 3 heterocycles. The summed E-state index contributed by atoms with van der Waals surface area (Å²) in [6, 6.07) is 7.94. The van der Waals surface area contributed by atoms with E-state index in [-0.39, 0.29) is 12.1 Å². The van der Waals surface area contributed by atoms with E-state index in [1.807, 2.05) is 47.0 Å². The molecule has 1 atom stereocenters. The number of nitrogens with zero attached hydrogens (tertiary/aromatic N) is 4. The Morgan fingerprint density at radius 1 is 1.41 bits per heavy atom. The van der Waals surface area contributed by atoms with Gasteiger partial charge in [-0.2, -0.15) is 5.10 Å². The van der Waals surface area contributed by atoms with Crippen molar-refractivity contribution in [3.8, 4) is 0 Å². The van der Waals surface area contributed by atoms with Crippen LogP contribution in [0.2, 0.25) is 0 Å². The lowest BCUT2D eigenvalue weighted by Crippen LogP contribution is -2.44. The van der Waals surface area contributed by atoms with Crippen LogP contribution in [0.1, 0.15) is 24.2 Å². The molecule has 6 nitrogen and oxygen atoms in total. The lowest BCUT2D eigenvalue weighted by Gasteiger charge is -2.25. The highest BCUT2D eigenvalue weighted by Gasteiger charge is 2.28. The highest BCUT2D eigenvalue weighted by Crippen LogP contribution is 2.18. The molecule has 1 fully saturated rings. The Balaban J connectivity index is 1.56. The number of pyridine rings is 1. The molecule has 22 heavy (non-hydrogen) atoms. The molecule has 0 unspecified atom stereocenters. The maximum atomic E-state index is 12.4. The molecule has 1 saturated heterocycles.